The van der Waals surface area contributed by atoms with E-state index in [4.69, 9.17) is 5.11 Å². The van der Waals surface area contributed by atoms with Crippen LogP contribution in [-0.2, 0) is 19.6 Å². The van der Waals surface area contributed by atoms with E-state index < -0.39 is 6.10 Å². The van der Waals surface area contributed by atoms with Crippen LogP contribution in [0.25, 0.3) is 0 Å². The summed E-state index contributed by atoms with van der Waals surface area (Å²) in [6, 6.07) is 8.48. The van der Waals surface area contributed by atoms with Gasteiger partial charge in [0.05, 0.1) is 24.5 Å². The summed E-state index contributed by atoms with van der Waals surface area (Å²) in [6.45, 7) is 7.49. The highest BCUT2D eigenvalue weighted by molar-refractivity contribution is 5.30. The number of aliphatic hydroxyl groups is 2. The lowest BCUT2D eigenvalue weighted by Gasteiger charge is -2.28. The molecule has 0 fully saturated rings. The fourth-order valence-corrected chi connectivity index (χ4v) is 3.00. The van der Waals surface area contributed by atoms with Gasteiger partial charge in [-0.15, -0.1) is 0 Å². The molecule has 2 heterocycles. The van der Waals surface area contributed by atoms with Crippen LogP contribution in [0.3, 0.4) is 0 Å². The normalized spacial score (nSPS) is 16.5. The maximum atomic E-state index is 9.70. The first kappa shape index (κ1) is 15.2. The van der Waals surface area contributed by atoms with Crippen molar-refractivity contribution in [2.75, 3.05) is 13.2 Å². The molecule has 0 radical (unpaired) electrons. The monoisotopic (exact) mass is 301 g/mol. The highest BCUT2D eigenvalue weighted by atomic mass is 16.3. The molecule has 5 nitrogen and oxygen atoms in total. The van der Waals surface area contributed by atoms with Crippen LogP contribution in [0, 0.1) is 13.8 Å². The van der Waals surface area contributed by atoms with Gasteiger partial charge in [-0.25, -0.2) is 0 Å². The standard InChI is InChI=1S/C17H23N3O2/c1-12-3-4-14(13(2)7-12)9-19-5-6-20-15(10-19)8-16(18-20)17(22)11-21/h3-4,7-8,17,21-22H,5-6,9-11H2,1-2H3. The van der Waals surface area contributed by atoms with Crippen LogP contribution in [0.15, 0.2) is 24.3 Å². The maximum Gasteiger partial charge on any atom is 0.121 e. The zero-order chi connectivity index (χ0) is 15.7. The molecule has 0 spiro atoms. The smallest absolute Gasteiger partial charge is 0.121 e. The summed E-state index contributed by atoms with van der Waals surface area (Å²) in [4.78, 5) is 2.39. The maximum absolute atomic E-state index is 9.70. The molecule has 118 valence electrons. The van der Waals surface area contributed by atoms with E-state index in [2.05, 4.69) is 42.0 Å². The van der Waals surface area contributed by atoms with Crippen molar-refractivity contribution in [1.29, 1.82) is 0 Å². The number of rotatable bonds is 4. The summed E-state index contributed by atoms with van der Waals surface area (Å²) in [5, 5.41) is 23.1. The lowest BCUT2D eigenvalue weighted by molar-refractivity contribution is 0.0915. The molecule has 1 aromatic carbocycles. The summed E-state index contributed by atoms with van der Waals surface area (Å²) in [5.41, 5.74) is 5.63. The number of fused-ring (bicyclic) bond motifs is 1. The molecule has 22 heavy (non-hydrogen) atoms. The van der Waals surface area contributed by atoms with Crippen LogP contribution in [0.5, 0.6) is 0 Å². The Hall–Kier alpha value is -1.69. The predicted octanol–water partition coefficient (Wildman–Crippen LogP) is 1.54. The molecule has 2 aromatic rings. The SMILES string of the molecule is Cc1ccc(CN2CCn3nc(C(O)CO)cc3C2)c(C)c1. The molecule has 2 N–H and O–H groups in total. The van der Waals surface area contributed by atoms with Crippen molar-refractivity contribution in [1.82, 2.24) is 14.7 Å². The molecule has 1 aliphatic rings. The Morgan fingerprint density at radius 2 is 2.05 bits per heavy atom. The second kappa shape index (κ2) is 6.20. The van der Waals surface area contributed by atoms with Crippen molar-refractivity contribution >= 4 is 0 Å². The molecule has 0 amide bonds. The molecular weight excluding hydrogens is 278 g/mol. The zero-order valence-electron chi connectivity index (χ0n) is 13.2. The van der Waals surface area contributed by atoms with E-state index in [0.717, 1.165) is 31.9 Å². The minimum Gasteiger partial charge on any atom is -0.393 e. The van der Waals surface area contributed by atoms with Gasteiger partial charge in [0.15, 0.2) is 0 Å². The molecule has 0 saturated heterocycles. The Morgan fingerprint density at radius 1 is 1.23 bits per heavy atom. The van der Waals surface area contributed by atoms with Crippen LogP contribution < -0.4 is 0 Å². The highest BCUT2D eigenvalue weighted by Gasteiger charge is 2.21. The van der Waals surface area contributed by atoms with E-state index in [0.29, 0.717) is 5.69 Å². The van der Waals surface area contributed by atoms with Crippen molar-refractivity contribution in [2.45, 2.75) is 39.6 Å². The van der Waals surface area contributed by atoms with E-state index in [-0.39, 0.29) is 6.61 Å². The van der Waals surface area contributed by atoms with Crippen molar-refractivity contribution in [3.05, 3.63) is 52.3 Å². The summed E-state index contributed by atoms with van der Waals surface area (Å²) >= 11 is 0. The van der Waals surface area contributed by atoms with Crippen molar-refractivity contribution in [3.8, 4) is 0 Å². The quantitative estimate of drug-likeness (QED) is 0.899. The molecule has 0 saturated carbocycles. The number of aliphatic hydroxyl groups excluding tert-OH is 2. The van der Waals surface area contributed by atoms with E-state index >= 15 is 0 Å². The van der Waals surface area contributed by atoms with E-state index in [1.807, 2.05) is 10.7 Å². The number of hydrogen-bond acceptors (Lipinski definition) is 4. The van der Waals surface area contributed by atoms with Crippen LogP contribution in [0.4, 0.5) is 0 Å². The third kappa shape index (κ3) is 3.06. The summed E-state index contributed by atoms with van der Waals surface area (Å²) < 4.78 is 1.94. The van der Waals surface area contributed by atoms with Gasteiger partial charge in [0, 0.05) is 19.6 Å². The largest absolute Gasteiger partial charge is 0.393 e. The van der Waals surface area contributed by atoms with Crippen LogP contribution in [0.1, 0.15) is 34.2 Å². The lowest BCUT2D eigenvalue weighted by Crippen LogP contribution is -2.33. The predicted molar refractivity (Wildman–Crippen MR) is 84.3 cm³/mol. The van der Waals surface area contributed by atoms with Gasteiger partial charge < -0.3 is 10.2 Å². The van der Waals surface area contributed by atoms with Gasteiger partial charge in [-0.2, -0.15) is 5.10 Å². The first-order valence-electron chi connectivity index (χ1n) is 7.71. The van der Waals surface area contributed by atoms with E-state index in [1.165, 1.54) is 16.7 Å². The van der Waals surface area contributed by atoms with Gasteiger partial charge in [-0.1, -0.05) is 23.8 Å². The van der Waals surface area contributed by atoms with Crippen LogP contribution in [-0.4, -0.2) is 38.0 Å². The molecule has 3 rings (SSSR count). The Balaban J connectivity index is 1.72. The van der Waals surface area contributed by atoms with Gasteiger partial charge in [-0.3, -0.25) is 9.58 Å². The number of benzene rings is 1. The number of aryl methyl sites for hydroxylation is 2. The molecular formula is C17H23N3O2. The minimum absolute atomic E-state index is 0.289. The topological polar surface area (TPSA) is 61.5 Å². The third-order valence-corrected chi connectivity index (χ3v) is 4.30. The summed E-state index contributed by atoms with van der Waals surface area (Å²) in [7, 11) is 0. The Kier molecular flexibility index (Phi) is 4.29. The third-order valence-electron chi connectivity index (χ3n) is 4.30. The van der Waals surface area contributed by atoms with Gasteiger partial charge in [0.2, 0.25) is 0 Å². The minimum atomic E-state index is -0.883. The fourth-order valence-electron chi connectivity index (χ4n) is 3.00. The van der Waals surface area contributed by atoms with Crippen molar-refractivity contribution in [2.24, 2.45) is 0 Å². The van der Waals surface area contributed by atoms with Gasteiger partial charge in [0.1, 0.15) is 6.10 Å². The van der Waals surface area contributed by atoms with Crippen LogP contribution in [0.2, 0.25) is 0 Å². The first-order chi connectivity index (χ1) is 10.6. The Bertz CT molecular complexity index is 666. The van der Waals surface area contributed by atoms with Crippen molar-refractivity contribution < 1.29 is 10.2 Å². The lowest BCUT2D eigenvalue weighted by atomic mass is 10.0. The Morgan fingerprint density at radius 3 is 2.77 bits per heavy atom. The molecule has 0 bridgehead atoms. The van der Waals surface area contributed by atoms with Gasteiger partial charge >= 0.3 is 0 Å². The van der Waals surface area contributed by atoms with Crippen molar-refractivity contribution in [3.63, 3.8) is 0 Å². The molecule has 1 aliphatic heterocycles. The Labute approximate surface area is 130 Å². The van der Waals surface area contributed by atoms with Crippen LogP contribution >= 0.6 is 0 Å². The zero-order valence-corrected chi connectivity index (χ0v) is 13.2. The molecule has 1 unspecified atom stereocenters. The second-order valence-electron chi connectivity index (χ2n) is 6.12. The average Bonchev–Trinajstić information content (AvgIpc) is 2.92. The summed E-state index contributed by atoms with van der Waals surface area (Å²) in [5.74, 6) is 0. The van der Waals surface area contributed by atoms with E-state index in [1.54, 1.807) is 0 Å². The number of aromatic nitrogens is 2. The second-order valence-corrected chi connectivity index (χ2v) is 6.12. The number of hydrogen-bond donors (Lipinski definition) is 2. The molecule has 0 aliphatic carbocycles. The molecule has 1 aromatic heterocycles. The summed E-state index contributed by atoms with van der Waals surface area (Å²) in [6.07, 6.45) is -0.883. The number of nitrogens with zero attached hydrogens (tertiary/aromatic N) is 3. The molecule has 5 heteroatoms. The first-order valence-corrected chi connectivity index (χ1v) is 7.71. The average molecular weight is 301 g/mol. The highest BCUT2D eigenvalue weighted by Crippen LogP contribution is 2.20. The fraction of sp³-hybridized carbons (Fsp3) is 0.471. The van der Waals surface area contributed by atoms with E-state index in [9.17, 15) is 5.11 Å². The van der Waals surface area contributed by atoms with Gasteiger partial charge in [0.25, 0.3) is 0 Å². The molecule has 1 atom stereocenters. The van der Waals surface area contributed by atoms with Gasteiger partial charge in [-0.05, 0) is 31.0 Å².